The average Bonchev–Trinajstić information content (AvgIpc) is 3.55. The van der Waals surface area contributed by atoms with E-state index < -0.39 is 0 Å². The van der Waals surface area contributed by atoms with Crippen LogP contribution in [0.1, 0.15) is 116 Å². The molecule has 0 saturated carbocycles. The van der Waals surface area contributed by atoms with Crippen molar-refractivity contribution in [2.45, 2.75) is 119 Å². The minimum absolute atomic E-state index is 0.0270. The van der Waals surface area contributed by atoms with Crippen molar-refractivity contribution in [2.75, 3.05) is 4.90 Å². The van der Waals surface area contributed by atoms with E-state index in [-0.39, 0.29) is 21.7 Å². The minimum Gasteiger partial charge on any atom is -0.310 e. The van der Waals surface area contributed by atoms with Crippen molar-refractivity contribution in [1.29, 1.82) is 0 Å². The molecule has 10 rings (SSSR count). The first-order valence-electron chi connectivity index (χ1n) is 23.3. The van der Waals surface area contributed by atoms with Crippen LogP contribution in [0.5, 0.6) is 0 Å². The SMILES string of the molecule is Cc1ccc(C(C)(C)C)cc1N(c1ccc2cc3c(cc2c1)-c1cc2ccc(-n4c5ccc(C(C)(C)C)cc5c5cc(C(C)(C)C)ccc54)cc2cc1-3)c1cc(C(C)(C)C)ccc1C. The number of rotatable bonds is 4. The molecule has 0 fully saturated rings. The van der Waals surface area contributed by atoms with Crippen LogP contribution < -0.4 is 4.90 Å². The van der Waals surface area contributed by atoms with E-state index in [2.05, 4.69) is 240 Å². The van der Waals surface area contributed by atoms with Gasteiger partial charge in [-0.25, -0.2) is 0 Å². The van der Waals surface area contributed by atoms with E-state index in [0.29, 0.717) is 0 Å². The summed E-state index contributed by atoms with van der Waals surface area (Å²) in [7, 11) is 0. The number of benzene rings is 8. The summed E-state index contributed by atoms with van der Waals surface area (Å²) in [5.41, 5.74) is 20.8. The van der Waals surface area contributed by atoms with Gasteiger partial charge in [-0.2, -0.15) is 0 Å². The maximum atomic E-state index is 2.51. The van der Waals surface area contributed by atoms with Gasteiger partial charge in [0.15, 0.2) is 0 Å². The molecule has 2 nitrogen and oxygen atoms in total. The molecule has 0 atom stereocenters. The van der Waals surface area contributed by atoms with Gasteiger partial charge >= 0.3 is 0 Å². The molecule has 8 aromatic carbocycles. The molecule has 1 aromatic heterocycles. The maximum absolute atomic E-state index is 2.51. The molecule has 0 amide bonds. The molecular weight excluding hydrogens is 773 g/mol. The lowest BCUT2D eigenvalue weighted by Gasteiger charge is -2.32. The van der Waals surface area contributed by atoms with E-state index in [1.165, 1.54) is 122 Å². The molecule has 1 aliphatic carbocycles. The molecule has 322 valence electrons. The Morgan fingerprint density at radius 3 is 1.16 bits per heavy atom. The lowest BCUT2D eigenvalue weighted by atomic mass is 9.78. The molecular formula is C62H64N2. The largest absolute Gasteiger partial charge is 0.310 e. The summed E-state index contributed by atoms with van der Waals surface area (Å²) in [5, 5.41) is 7.69. The zero-order chi connectivity index (χ0) is 45.4. The second-order valence-corrected chi connectivity index (χ2v) is 23.0. The molecule has 9 aromatic rings. The highest BCUT2D eigenvalue weighted by atomic mass is 15.1. The number of fused-ring (bicyclic) bond motifs is 9. The summed E-state index contributed by atoms with van der Waals surface area (Å²) < 4.78 is 2.48. The Hall–Kier alpha value is -6.12. The molecule has 0 spiro atoms. The van der Waals surface area contributed by atoms with E-state index in [9.17, 15) is 0 Å². The molecule has 0 N–H and O–H groups in total. The Morgan fingerprint density at radius 2 is 0.719 bits per heavy atom. The predicted octanol–water partition coefficient (Wildman–Crippen LogP) is 18.0. The van der Waals surface area contributed by atoms with Crippen LogP contribution in [0.25, 0.3) is 71.3 Å². The van der Waals surface area contributed by atoms with Crippen LogP contribution in [0.4, 0.5) is 17.1 Å². The van der Waals surface area contributed by atoms with Crippen molar-refractivity contribution in [3.8, 4) is 27.9 Å². The number of hydrogen-bond acceptors (Lipinski definition) is 1. The molecule has 0 aliphatic heterocycles. The van der Waals surface area contributed by atoms with Crippen LogP contribution in [-0.2, 0) is 21.7 Å². The fourth-order valence-corrected chi connectivity index (χ4v) is 9.95. The molecule has 1 aliphatic rings. The Bertz CT molecular complexity index is 3240. The standard InChI is InChI=1S/C62H64N2/c1-37-15-19-45(61(9,10)11)35-57(37)64(58-36-46(62(12,13)14)20-16-38(58)2)48-24-18-40-30-50-51-31-41-27-47(23-17-39(41)29-49(51)52(50)32-42(40)28-48)63-55-25-21-43(59(3,4)5)33-53(55)54-34-44(60(6,7)8)22-26-56(54)63/h15-36H,1-14H3. The lowest BCUT2D eigenvalue weighted by molar-refractivity contribution is 0.589. The summed E-state index contributed by atoms with van der Waals surface area (Å²) in [6, 6.07) is 52.0. The third kappa shape index (κ3) is 6.93. The maximum Gasteiger partial charge on any atom is 0.0541 e. The lowest BCUT2D eigenvalue weighted by Crippen LogP contribution is -2.18. The van der Waals surface area contributed by atoms with Crippen LogP contribution in [0.3, 0.4) is 0 Å². The zero-order valence-electron chi connectivity index (χ0n) is 40.6. The number of aryl methyl sites for hydroxylation is 2. The first-order valence-corrected chi connectivity index (χ1v) is 23.3. The third-order valence-electron chi connectivity index (χ3n) is 14.1. The first-order chi connectivity index (χ1) is 30.0. The molecule has 0 radical (unpaired) electrons. The highest BCUT2D eigenvalue weighted by Gasteiger charge is 2.27. The van der Waals surface area contributed by atoms with Gasteiger partial charge in [0, 0.05) is 33.5 Å². The first kappa shape index (κ1) is 41.9. The van der Waals surface area contributed by atoms with Gasteiger partial charge in [-0.1, -0.05) is 132 Å². The van der Waals surface area contributed by atoms with E-state index in [0.717, 1.165) is 0 Å². The van der Waals surface area contributed by atoms with E-state index in [1.54, 1.807) is 0 Å². The van der Waals surface area contributed by atoms with Crippen LogP contribution in [-0.4, -0.2) is 4.57 Å². The molecule has 0 saturated heterocycles. The Balaban J connectivity index is 1.08. The van der Waals surface area contributed by atoms with E-state index in [4.69, 9.17) is 0 Å². The highest BCUT2D eigenvalue weighted by Crippen LogP contribution is 2.52. The summed E-state index contributed by atoms with van der Waals surface area (Å²) in [6.07, 6.45) is 0. The normalized spacial score (nSPS) is 13.2. The Kier molecular flexibility index (Phi) is 9.28. The smallest absolute Gasteiger partial charge is 0.0541 e. The second-order valence-electron chi connectivity index (χ2n) is 23.0. The van der Waals surface area contributed by atoms with Crippen molar-refractivity contribution >= 4 is 60.4 Å². The van der Waals surface area contributed by atoms with Crippen molar-refractivity contribution in [1.82, 2.24) is 4.57 Å². The van der Waals surface area contributed by atoms with E-state index >= 15 is 0 Å². The molecule has 64 heavy (non-hydrogen) atoms. The number of anilines is 3. The quantitative estimate of drug-likeness (QED) is 0.171. The molecule has 0 unspecified atom stereocenters. The van der Waals surface area contributed by atoms with Crippen molar-refractivity contribution in [3.63, 3.8) is 0 Å². The van der Waals surface area contributed by atoms with Gasteiger partial charge in [0.2, 0.25) is 0 Å². The zero-order valence-corrected chi connectivity index (χ0v) is 40.6. The minimum atomic E-state index is 0.0270. The summed E-state index contributed by atoms with van der Waals surface area (Å²) >= 11 is 0. The van der Waals surface area contributed by atoms with Gasteiger partial charge < -0.3 is 9.47 Å². The van der Waals surface area contributed by atoms with Gasteiger partial charge in [-0.15, -0.1) is 0 Å². The fourth-order valence-electron chi connectivity index (χ4n) is 9.95. The second kappa shape index (κ2) is 14.2. The molecule has 2 heteroatoms. The number of nitrogens with zero attached hydrogens (tertiary/aromatic N) is 2. The van der Waals surface area contributed by atoms with Crippen LogP contribution in [0.2, 0.25) is 0 Å². The van der Waals surface area contributed by atoms with E-state index in [1.807, 2.05) is 0 Å². The average molecular weight is 837 g/mol. The van der Waals surface area contributed by atoms with Crippen LogP contribution in [0.15, 0.2) is 133 Å². The van der Waals surface area contributed by atoms with Gasteiger partial charge in [-0.05, 0) is 198 Å². The van der Waals surface area contributed by atoms with Gasteiger partial charge in [0.1, 0.15) is 0 Å². The van der Waals surface area contributed by atoms with Gasteiger partial charge in [-0.3, -0.25) is 0 Å². The Labute approximate surface area is 381 Å². The highest BCUT2D eigenvalue weighted by molar-refractivity contribution is 6.13. The topological polar surface area (TPSA) is 8.17 Å². The molecule has 1 heterocycles. The van der Waals surface area contributed by atoms with Gasteiger partial charge in [0.05, 0.1) is 11.0 Å². The summed E-state index contributed by atoms with van der Waals surface area (Å²) in [4.78, 5) is 2.51. The predicted molar refractivity (Wildman–Crippen MR) is 279 cm³/mol. The van der Waals surface area contributed by atoms with Crippen molar-refractivity contribution in [2.24, 2.45) is 0 Å². The fraction of sp³-hybridized carbons (Fsp3) is 0.290. The van der Waals surface area contributed by atoms with Crippen LogP contribution in [0, 0.1) is 13.8 Å². The summed E-state index contributed by atoms with van der Waals surface area (Å²) in [5.74, 6) is 0. The van der Waals surface area contributed by atoms with Crippen LogP contribution >= 0.6 is 0 Å². The summed E-state index contributed by atoms with van der Waals surface area (Å²) in [6.45, 7) is 32.2. The third-order valence-corrected chi connectivity index (χ3v) is 14.1. The Morgan fingerprint density at radius 1 is 0.344 bits per heavy atom. The molecule has 0 bridgehead atoms. The monoisotopic (exact) mass is 837 g/mol. The number of aromatic nitrogens is 1. The van der Waals surface area contributed by atoms with Crippen molar-refractivity contribution in [3.05, 3.63) is 167 Å². The number of hydrogen-bond donors (Lipinski definition) is 0. The van der Waals surface area contributed by atoms with Gasteiger partial charge in [0.25, 0.3) is 0 Å². The van der Waals surface area contributed by atoms with Crippen molar-refractivity contribution < 1.29 is 0 Å².